The minimum atomic E-state index is 0.176. The number of benzene rings is 2. The van der Waals surface area contributed by atoms with E-state index in [1.165, 1.54) is 5.56 Å². The van der Waals surface area contributed by atoms with Gasteiger partial charge in [-0.2, -0.15) is 5.26 Å². The van der Waals surface area contributed by atoms with Gasteiger partial charge in [0.05, 0.1) is 11.6 Å². The SMILES string of the molecule is CC(Nc1ccc(C#N)cc1)c1ccc(Br)cc1Br. The zero-order chi connectivity index (χ0) is 13.8. The van der Waals surface area contributed by atoms with Crippen LogP contribution < -0.4 is 5.32 Å². The molecule has 0 aliphatic rings. The molecular formula is C15H12Br2N2. The van der Waals surface area contributed by atoms with Crippen LogP contribution in [0.1, 0.15) is 24.1 Å². The predicted octanol–water partition coefficient (Wildman–Crippen LogP) is 5.26. The summed E-state index contributed by atoms with van der Waals surface area (Å²) < 4.78 is 2.12. The Bertz CT molecular complexity index is 615. The minimum Gasteiger partial charge on any atom is -0.378 e. The average molecular weight is 380 g/mol. The molecule has 0 aromatic heterocycles. The third-order valence-corrected chi connectivity index (χ3v) is 4.01. The number of nitrogens with zero attached hydrogens (tertiary/aromatic N) is 1. The second-order valence-corrected chi connectivity index (χ2v) is 5.99. The smallest absolute Gasteiger partial charge is 0.0991 e. The summed E-state index contributed by atoms with van der Waals surface area (Å²) in [5.41, 5.74) is 2.86. The highest BCUT2D eigenvalue weighted by molar-refractivity contribution is 9.11. The first-order valence-corrected chi connectivity index (χ1v) is 7.40. The fraction of sp³-hybridized carbons (Fsp3) is 0.133. The van der Waals surface area contributed by atoms with Gasteiger partial charge in [0, 0.05) is 20.7 Å². The van der Waals surface area contributed by atoms with E-state index < -0.39 is 0 Å². The molecule has 0 amide bonds. The second-order valence-electron chi connectivity index (χ2n) is 4.22. The van der Waals surface area contributed by atoms with E-state index in [0.717, 1.165) is 14.6 Å². The first-order valence-electron chi connectivity index (χ1n) is 5.82. The van der Waals surface area contributed by atoms with Crippen LogP contribution in [0.4, 0.5) is 5.69 Å². The van der Waals surface area contributed by atoms with Gasteiger partial charge in [-0.25, -0.2) is 0 Å². The van der Waals surface area contributed by atoms with E-state index in [9.17, 15) is 0 Å². The van der Waals surface area contributed by atoms with Crippen LogP contribution in [0.3, 0.4) is 0 Å². The lowest BCUT2D eigenvalue weighted by atomic mass is 10.1. The van der Waals surface area contributed by atoms with Crippen molar-refractivity contribution < 1.29 is 0 Å². The number of nitrogens with one attached hydrogen (secondary N) is 1. The zero-order valence-electron chi connectivity index (χ0n) is 10.3. The van der Waals surface area contributed by atoms with Crippen LogP contribution in [0.25, 0.3) is 0 Å². The van der Waals surface area contributed by atoms with Crippen LogP contribution >= 0.6 is 31.9 Å². The van der Waals surface area contributed by atoms with Gasteiger partial charge in [0.25, 0.3) is 0 Å². The highest BCUT2D eigenvalue weighted by atomic mass is 79.9. The van der Waals surface area contributed by atoms with Crippen molar-refractivity contribution in [2.24, 2.45) is 0 Å². The van der Waals surface area contributed by atoms with Gasteiger partial charge in [0.15, 0.2) is 0 Å². The van der Waals surface area contributed by atoms with Crippen LogP contribution in [0, 0.1) is 11.3 Å². The van der Waals surface area contributed by atoms with Crippen molar-refractivity contribution in [3.63, 3.8) is 0 Å². The molecule has 1 atom stereocenters. The normalized spacial score (nSPS) is 11.7. The molecule has 0 fully saturated rings. The van der Waals surface area contributed by atoms with Crippen molar-refractivity contribution in [1.82, 2.24) is 0 Å². The monoisotopic (exact) mass is 378 g/mol. The van der Waals surface area contributed by atoms with E-state index in [1.54, 1.807) is 0 Å². The number of halogens is 2. The molecule has 0 spiro atoms. The van der Waals surface area contributed by atoms with Crippen molar-refractivity contribution >= 4 is 37.5 Å². The van der Waals surface area contributed by atoms with Gasteiger partial charge in [0.1, 0.15) is 0 Å². The maximum atomic E-state index is 8.77. The van der Waals surface area contributed by atoms with Crippen LogP contribution in [-0.2, 0) is 0 Å². The Hall–Kier alpha value is -1.31. The molecule has 0 bridgehead atoms. The number of rotatable bonds is 3. The highest BCUT2D eigenvalue weighted by Crippen LogP contribution is 2.28. The van der Waals surface area contributed by atoms with E-state index in [-0.39, 0.29) is 6.04 Å². The Kier molecular flexibility index (Phi) is 4.62. The van der Waals surface area contributed by atoms with Crippen LogP contribution in [-0.4, -0.2) is 0 Å². The van der Waals surface area contributed by atoms with Gasteiger partial charge in [-0.05, 0) is 48.9 Å². The lowest BCUT2D eigenvalue weighted by Gasteiger charge is -2.17. The summed E-state index contributed by atoms with van der Waals surface area (Å²) in [4.78, 5) is 0. The summed E-state index contributed by atoms with van der Waals surface area (Å²) in [5.74, 6) is 0. The van der Waals surface area contributed by atoms with Gasteiger partial charge in [-0.1, -0.05) is 37.9 Å². The first-order chi connectivity index (χ1) is 9.10. The summed E-state index contributed by atoms with van der Waals surface area (Å²) in [5, 5.41) is 12.2. The fourth-order valence-corrected chi connectivity index (χ4v) is 3.21. The summed E-state index contributed by atoms with van der Waals surface area (Å²) in [6.45, 7) is 2.10. The minimum absolute atomic E-state index is 0.176. The molecule has 19 heavy (non-hydrogen) atoms. The fourth-order valence-electron chi connectivity index (χ4n) is 1.82. The number of hydrogen-bond acceptors (Lipinski definition) is 2. The van der Waals surface area contributed by atoms with Gasteiger partial charge in [-0.15, -0.1) is 0 Å². The molecule has 0 heterocycles. The van der Waals surface area contributed by atoms with Crippen LogP contribution in [0.2, 0.25) is 0 Å². The zero-order valence-corrected chi connectivity index (χ0v) is 13.5. The van der Waals surface area contributed by atoms with Crippen LogP contribution in [0.5, 0.6) is 0 Å². The molecule has 4 heteroatoms. The van der Waals surface area contributed by atoms with E-state index in [4.69, 9.17) is 5.26 Å². The highest BCUT2D eigenvalue weighted by Gasteiger charge is 2.09. The van der Waals surface area contributed by atoms with Gasteiger partial charge >= 0.3 is 0 Å². The van der Waals surface area contributed by atoms with Crippen molar-refractivity contribution in [2.75, 3.05) is 5.32 Å². The second kappa shape index (κ2) is 6.23. The molecule has 1 unspecified atom stereocenters. The molecule has 0 aliphatic carbocycles. The molecule has 2 rings (SSSR count). The molecular weight excluding hydrogens is 368 g/mol. The molecule has 0 saturated carbocycles. The molecule has 0 aliphatic heterocycles. The topological polar surface area (TPSA) is 35.8 Å². The standard InChI is InChI=1S/C15H12Br2N2/c1-10(14-7-4-12(16)8-15(14)17)19-13-5-2-11(9-18)3-6-13/h2-8,10,19H,1H3. The largest absolute Gasteiger partial charge is 0.378 e. The predicted molar refractivity (Wildman–Crippen MR) is 85.0 cm³/mol. The van der Waals surface area contributed by atoms with Crippen molar-refractivity contribution in [2.45, 2.75) is 13.0 Å². The first kappa shape index (κ1) is 14.1. The Morgan fingerprint density at radius 2 is 1.79 bits per heavy atom. The summed E-state index contributed by atoms with van der Waals surface area (Å²) in [6, 6.07) is 15.9. The van der Waals surface area contributed by atoms with E-state index in [2.05, 4.69) is 56.2 Å². The lowest BCUT2D eigenvalue weighted by molar-refractivity contribution is 0.878. The van der Waals surface area contributed by atoms with Crippen molar-refractivity contribution in [3.05, 3.63) is 62.5 Å². The number of anilines is 1. The lowest BCUT2D eigenvalue weighted by Crippen LogP contribution is -2.07. The van der Waals surface area contributed by atoms with Crippen molar-refractivity contribution in [1.29, 1.82) is 5.26 Å². The molecule has 2 aromatic rings. The maximum absolute atomic E-state index is 8.77. The Balaban J connectivity index is 2.16. The number of nitriles is 1. The summed E-state index contributed by atoms with van der Waals surface area (Å²) in [7, 11) is 0. The third-order valence-electron chi connectivity index (χ3n) is 2.83. The third kappa shape index (κ3) is 3.59. The molecule has 2 nitrogen and oxygen atoms in total. The Morgan fingerprint density at radius 1 is 1.11 bits per heavy atom. The van der Waals surface area contributed by atoms with E-state index >= 15 is 0 Å². The van der Waals surface area contributed by atoms with E-state index in [1.807, 2.05) is 36.4 Å². The molecule has 1 N–H and O–H groups in total. The Morgan fingerprint density at radius 3 is 2.37 bits per heavy atom. The van der Waals surface area contributed by atoms with Crippen LogP contribution in [0.15, 0.2) is 51.4 Å². The average Bonchev–Trinajstić information content (AvgIpc) is 2.39. The number of hydrogen-bond donors (Lipinski definition) is 1. The van der Waals surface area contributed by atoms with Gasteiger partial charge in [-0.3, -0.25) is 0 Å². The van der Waals surface area contributed by atoms with Gasteiger partial charge in [0.2, 0.25) is 0 Å². The molecule has 0 radical (unpaired) electrons. The molecule has 2 aromatic carbocycles. The van der Waals surface area contributed by atoms with E-state index in [0.29, 0.717) is 5.56 Å². The Labute approximate surface area is 129 Å². The molecule has 0 saturated heterocycles. The maximum Gasteiger partial charge on any atom is 0.0991 e. The van der Waals surface area contributed by atoms with Crippen molar-refractivity contribution in [3.8, 4) is 6.07 Å². The quantitative estimate of drug-likeness (QED) is 0.789. The van der Waals surface area contributed by atoms with Gasteiger partial charge < -0.3 is 5.32 Å². The summed E-state index contributed by atoms with van der Waals surface area (Å²) in [6.07, 6.45) is 0. The summed E-state index contributed by atoms with van der Waals surface area (Å²) >= 11 is 7.02. The molecule has 96 valence electrons.